The van der Waals surface area contributed by atoms with E-state index in [2.05, 4.69) is 37.2 Å². The summed E-state index contributed by atoms with van der Waals surface area (Å²) in [5.74, 6) is 0.199. The molecule has 41 heavy (non-hydrogen) atoms. The number of hydrogen-bond donors (Lipinski definition) is 1. The summed E-state index contributed by atoms with van der Waals surface area (Å²) in [6.07, 6.45) is 5.87. The van der Waals surface area contributed by atoms with Crippen molar-refractivity contribution in [1.82, 2.24) is 0 Å². The predicted octanol–water partition coefficient (Wildman–Crippen LogP) is 8.91. The Morgan fingerprint density at radius 1 is 1.00 bits per heavy atom. The molecule has 1 heterocycles. The van der Waals surface area contributed by atoms with E-state index >= 15 is 0 Å². The largest absolute Gasteiger partial charge is 0.487 e. The third kappa shape index (κ3) is 7.15. The second-order valence-corrected chi connectivity index (χ2v) is 12.3. The number of benzene rings is 3. The fourth-order valence-corrected chi connectivity index (χ4v) is 7.30. The summed E-state index contributed by atoms with van der Waals surface area (Å²) in [7, 11) is 0. The fraction of sp³-hybridized carbons (Fsp3) is 0.219. The number of rotatable bonds is 9. The highest BCUT2D eigenvalue weighted by Crippen LogP contribution is 2.41. The van der Waals surface area contributed by atoms with E-state index in [0.29, 0.717) is 30.1 Å². The Morgan fingerprint density at radius 3 is 2.41 bits per heavy atom. The lowest BCUT2D eigenvalue weighted by Crippen LogP contribution is -2.14. The van der Waals surface area contributed by atoms with Gasteiger partial charge in [-0.3, -0.25) is 4.79 Å². The molecule has 1 amide bonds. The molecule has 6 nitrogen and oxygen atoms in total. The van der Waals surface area contributed by atoms with E-state index in [-0.39, 0.29) is 11.9 Å². The summed E-state index contributed by atoms with van der Waals surface area (Å²) in [5.41, 5.74) is 4.86. The monoisotopic (exact) mass is 694 g/mol. The molecule has 0 spiro atoms. The Hall–Kier alpha value is -3.27. The van der Waals surface area contributed by atoms with Gasteiger partial charge in [-0.25, -0.2) is 9.79 Å². The molecular formula is C32H28Br2N2O4S. The lowest BCUT2D eigenvalue weighted by atomic mass is 9.95. The molecule has 0 atom stereocenters. The van der Waals surface area contributed by atoms with Crippen molar-refractivity contribution >= 4 is 72.0 Å². The molecule has 9 heteroatoms. The Labute approximate surface area is 260 Å². The maximum absolute atomic E-state index is 13.4. The van der Waals surface area contributed by atoms with Gasteiger partial charge in [-0.2, -0.15) is 0 Å². The lowest BCUT2D eigenvalue weighted by Gasteiger charge is -2.13. The molecule has 0 aliphatic heterocycles. The predicted molar refractivity (Wildman–Crippen MR) is 171 cm³/mol. The van der Waals surface area contributed by atoms with E-state index in [1.165, 1.54) is 4.88 Å². The number of esters is 1. The van der Waals surface area contributed by atoms with E-state index < -0.39 is 0 Å². The number of halogens is 2. The summed E-state index contributed by atoms with van der Waals surface area (Å²) in [4.78, 5) is 31.3. The lowest BCUT2D eigenvalue weighted by molar-refractivity contribution is 0.0526. The number of aliphatic imine (C=N–C) groups is 1. The highest BCUT2D eigenvalue weighted by molar-refractivity contribution is 9.11. The maximum atomic E-state index is 13.4. The molecule has 0 saturated heterocycles. The van der Waals surface area contributed by atoms with Crippen molar-refractivity contribution in [1.29, 1.82) is 0 Å². The van der Waals surface area contributed by atoms with Gasteiger partial charge in [-0.1, -0.05) is 30.3 Å². The van der Waals surface area contributed by atoms with Crippen molar-refractivity contribution in [3.05, 3.63) is 108 Å². The molecule has 1 aliphatic rings. The number of nitrogens with one attached hydrogen (secondary N) is 1. The molecule has 1 N–H and O–H groups in total. The smallest absolute Gasteiger partial charge is 0.338 e. The molecule has 1 aromatic heterocycles. The first kappa shape index (κ1) is 29.2. The van der Waals surface area contributed by atoms with Crippen LogP contribution in [-0.4, -0.2) is 24.7 Å². The minimum absolute atomic E-state index is 0.121. The van der Waals surface area contributed by atoms with Crippen molar-refractivity contribution in [2.75, 3.05) is 11.9 Å². The van der Waals surface area contributed by atoms with Crippen molar-refractivity contribution < 1.29 is 19.1 Å². The number of amides is 1. The van der Waals surface area contributed by atoms with Crippen LogP contribution in [0.4, 0.5) is 10.7 Å². The van der Waals surface area contributed by atoms with Gasteiger partial charge in [-0.15, -0.1) is 11.3 Å². The van der Waals surface area contributed by atoms with E-state index in [1.807, 2.05) is 54.6 Å². The normalized spacial score (nSPS) is 12.7. The van der Waals surface area contributed by atoms with Crippen LogP contribution in [0, 0.1) is 0 Å². The van der Waals surface area contributed by atoms with Gasteiger partial charge < -0.3 is 14.8 Å². The van der Waals surface area contributed by atoms with Crippen molar-refractivity contribution in [3.63, 3.8) is 0 Å². The zero-order valence-corrected chi connectivity index (χ0v) is 26.4. The van der Waals surface area contributed by atoms with Crippen LogP contribution in [-0.2, 0) is 24.2 Å². The molecule has 0 radical (unpaired) electrons. The number of carbonyl (C=O) groups excluding carboxylic acids is 2. The minimum atomic E-state index is -0.339. The summed E-state index contributed by atoms with van der Waals surface area (Å²) in [6, 6.07) is 20.5. The molecule has 0 bridgehead atoms. The maximum Gasteiger partial charge on any atom is 0.338 e. The van der Waals surface area contributed by atoms with E-state index in [1.54, 1.807) is 36.6 Å². The van der Waals surface area contributed by atoms with Gasteiger partial charge in [0.2, 0.25) is 0 Å². The zero-order valence-electron chi connectivity index (χ0n) is 22.4. The second kappa shape index (κ2) is 13.6. The number of thiophene rings is 1. The average Bonchev–Trinajstić information content (AvgIpc) is 3.35. The minimum Gasteiger partial charge on any atom is -0.487 e. The standard InChI is InChI=1S/C32H28Br2N2O4S/c1-2-39-32(38)22-14-12-20(13-15-22)19-40-29-25(33)16-21(17-26(29)34)18-35-31-28(24-10-6-7-11-27(24)41-31)30(37)36-23-8-4-3-5-9-23/h3-5,8-9,12-18H,2,6-7,10-11,19H2,1H3,(H,36,37). The number of carbonyl (C=O) groups is 2. The Bertz CT molecular complexity index is 1560. The van der Waals surface area contributed by atoms with E-state index in [9.17, 15) is 9.59 Å². The van der Waals surface area contributed by atoms with Crippen LogP contribution in [0.2, 0.25) is 0 Å². The molecule has 0 fully saturated rings. The number of fused-ring (bicyclic) bond motifs is 1. The summed E-state index contributed by atoms with van der Waals surface area (Å²) >= 11 is 8.86. The topological polar surface area (TPSA) is 77.0 Å². The van der Waals surface area contributed by atoms with Gasteiger partial charge in [0, 0.05) is 16.8 Å². The van der Waals surface area contributed by atoms with Crippen LogP contribution in [0.15, 0.2) is 80.7 Å². The highest BCUT2D eigenvalue weighted by Gasteiger charge is 2.25. The third-order valence-electron chi connectivity index (χ3n) is 6.61. The van der Waals surface area contributed by atoms with Gasteiger partial charge in [0.05, 0.1) is 26.7 Å². The average molecular weight is 696 g/mol. The van der Waals surface area contributed by atoms with Crippen LogP contribution in [0.5, 0.6) is 5.75 Å². The van der Waals surface area contributed by atoms with E-state index in [4.69, 9.17) is 14.5 Å². The second-order valence-electron chi connectivity index (χ2n) is 9.49. The first-order chi connectivity index (χ1) is 19.9. The number of para-hydroxylation sites is 1. The Morgan fingerprint density at radius 2 is 1.71 bits per heavy atom. The van der Waals surface area contributed by atoms with Crippen LogP contribution in [0.3, 0.4) is 0 Å². The summed E-state index contributed by atoms with van der Waals surface area (Å²) in [6.45, 7) is 2.45. The quantitative estimate of drug-likeness (QED) is 0.140. The van der Waals surface area contributed by atoms with Gasteiger partial charge in [-0.05, 0) is 118 Å². The number of aryl methyl sites for hydroxylation is 1. The van der Waals surface area contributed by atoms with E-state index in [0.717, 1.165) is 62.0 Å². The SMILES string of the molecule is CCOC(=O)c1ccc(COc2c(Br)cc(C=Nc3sc4c(c3C(=O)Nc3ccccc3)CCCC4)cc2Br)cc1. The van der Waals surface area contributed by atoms with Crippen LogP contribution < -0.4 is 10.1 Å². The highest BCUT2D eigenvalue weighted by atomic mass is 79.9. The van der Waals surface area contributed by atoms with Gasteiger partial charge in [0.1, 0.15) is 17.4 Å². The van der Waals surface area contributed by atoms with Crippen LogP contribution in [0.1, 0.15) is 62.0 Å². The third-order valence-corrected chi connectivity index (χ3v) is 8.99. The van der Waals surface area contributed by atoms with Crippen molar-refractivity contribution in [2.24, 2.45) is 4.99 Å². The summed E-state index contributed by atoms with van der Waals surface area (Å²) < 4.78 is 12.7. The van der Waals surface area contributed by atoms with Gasteiger partial charge in [0.25, 0.3) is 5.91 Å². The molecule has 5 rings (SSSR count). The number of anilines is 1. The molecule has 0 unspecified atom stereocenters. The summed E-state index contributed by atoms with van der Waals surface area (Å²) in [5, 5.41) is 3.77. The molecule has 0 saturated carbocycles. The van der Waals surface area contributed by atoms with Gasteiger partial charge in [0.15, 0.2) is 0 Å². The molecule has 4 aromatic rings. The van der Waals surface area contributed by atoms with Crippen LogP contribution >= 0.6 is 43.2 Å². The molecule has 3 aromatic carbocycles. The fourth-order valence-electron chi connectivity index (χ4n) is 4.62. The Balaban J connectivity index is 1.32. The molecule has 210 valence electrons. The first-order valence-electron chi connectivity index (χ1n) is 13.4. The van der Waals surface area contributed by atoms with Crippen molar-refractivity contribution in [2.45, 2.75) is 39.2 Å². The number of ether oxygens (including phenoxy) is 2. The zero-order chi connectivity index (χ0) is 28.8. The van der Waals surface area contributed by atoms with Crippen LogP contribution in [0.25, 0.3) is 0 Å². The van der Waals surface area contributed by atoms with Crippen molar-refractivity contribution in [3.8, 4) is 5.75 Å². The molecule has 1 aliphatic carbocycles. The first-order valence-corrected chi connectivity index (χ1v) is 15.8. The van der Waals surface area contributed by atoms with Gasteiger partial charge >= 0.3 is 5.97 Å². The number of hydrogen-bond acceptors (Lipinski definition) is 6. The number of nitrogens with zero attached hydrogens (tertiary/aromatic N) is 1. The molecular weight excluding hydrogens is 668 g/mol. The Kier molecular flexibility index (Phi) is 9.69.